The maximum atomic E-state index is 10.5. The summed E-state index contributed by atoms with van der Waals surface area (Å²) in [5, 5.41) is 16.9. The lowest BCUT2D eigenvalue weighted by Gasteiger charge is -2.22. The fourth-order valence-corrected chi connectivity index (χ4v) is 2.63. The highest BCUT2D eigenvalue weighted by molar-refractivity contribution is 14.0. The number of furan rings is 1. The van der Waals surface area contributed by atoms with E-state index in [9.17, 15) is 5.11 Å². The van der Waals surface area contributed by atoms with E-state index in [4.69, 9.17) is 4.42 Å². The van der Waals surface area contributed by atoms with Gasteiger partial charge in [0.2, 0.25) is 0 Å². The molecule has 1 aromatic carbocycles. The zero-order chi connectivity index (χ0) is 19.1. The lowest BCUT2D eigenvalue weighted by Crippen LogP contribution is -2.44. The molecule has 0 aliphatic rings. The molecule has 28 heavy (non-hydrogen) atoms. The third-order valence-electron chi connectivity index (χ3n) is 4.10. The molecule has 3 aromatic rings. The predicted octanol–water partition coefficient (Wildman–Crippen LogP) is 3.25. The lowest BCUT2D eigenvalue weighted by atomic mass is 10.0. The molecule has 0 aliphatic heterocycles. The Morgan fingerprint density at radius 3 is 2.68 bits per heavy atom. The van der Waals surface area contributed by atoms with Crippen LogP contribution >= 0.6 is 24.0 Å². The Kier molecular flexibility index (Phi) is 8.06. The molecule has 0 aliphatic carbocycles. The first kappa shape index (κ1) is 22.0. The molecule has 7 nitrogen and oxygen atoms in total. The molecule has 8 heteroatoms. The minimum Gasteiger partial charge on any atom is -0.466 e. The molecule has 0 amide bonds. The number of hydrogen-bond donors (Lipinski definition) is 4. The van der Waals surface area contributed by atoms with E-state index in [0.29, 0.717) is 24.8 Å². The number of aliphatic imine (C=N–C) groups is 1. The molecule has 0 fully saturated rings. The number of nitrogens with one attached hydrogen (secondary N) is 3. The summed E-state index contributed by atoms with van der Waals surface area (Å²) in [4.78, 5) is 12.2. The van der Waals surface area contributed by atoms with Gasteiger partial charge in [0.25, 0.3) is 0 Å². The maximum Gasteiger partial charge on any atom is 0.191 e. The molecule has 4 N–H and O–H groups in total. The lowest BCUT2D eigenvalue weighted by molar-refractivity contribution is 0.0386. The van der Waals surface area contributed by atoms with Crippen LogP contribution in [-0.2, 0) is 12.1 Å². The van der Waals surface area contributed by atoms with Crippen LogP contribution in [0.4, 0.5) is 0 Å². The van der Waals surface area contributed by atoms with E-state index in [1.807, 2.05) is 43.5 Å². The fraction of sp³-hybridized carbons (Fsp3) is 0.300. The van der Waals surface area contributed by atoms with Crippen LogP contribution in [0.15, 0.2) is 64.3 Å². The van der Waals surface area contributed by atoms with Crippen molar-refractivity contribution >= 4 is 29.9 Å². The summed E-state index contributed by atoms with van der Waals surface area (Å²) in [5.41, 5.74) is 0.907. The smallest absolute Gasteiger partial charge is 0.191 e. The maximum absolute atomic E-state index is 10.5. The van der Waals surface area contributed by atoms with Crippen LogP contribution in [0, 0.1) is 0 Å². The molecular formula is C20H26IN5O2. The van der Waals surface area contributed by atoms with E-state index in [1.54, 1.807) is 25.3 Å². The largest absolute Gasteiger partial charge is 0.466 e. The number of H-pyrrole nitrogens is 1. The number of halogens is 1. The molecule has 0 radical (unpaired) electrons. The van der Waals surface area contributed by atoms with Crippen molar-refractivity contribution < 1.29 is 9.52 Å². The Morgan fingerprint density at radius 1 is 1.21 bits per heavy atom. The van der Waals surface area contributed by atoms with Gasteiger partial charge in [0.15, 0.2) is 5.96 Å². The highest BCUT2D eigenvalue weighted by atomic mass is 127. The van der Waals surface area contributed by atoms with Crippen molar-refractivity contribution in [2.45, 2.75) is 26.0 Å². The van der Waals surface area contributed by atoms with Gasteiger partial charge >= 0.3 is 0 Å². The topological polar surface area (TPSA) is 98.5 Å². The van der Waals surface area contributed by atoms with Gasteiger partial charge in [0.05, 0.1) is 24.7 Å². The third kappa shape index (κ3) is 5.83. The first-order valence-electron chi connectivity index (χ1n) is 8.96. The van der Waals surface area contributed by atoms with E-state index < -0.39 is 5.60 Å². The number of hydrogen-bond acceptors (Lipinski definition) is 4. The Bertz CT molecular complexity index is 860. The molecular weight excluding hydrogens is 469 g/mol. The van der Waals surface area contributed by atoms with Crippen LogP contribution in [0.5, 0.6) is 0 Å². The minimum atomic E-state index is -1.13. The van der Waals surface area contributed by atoms with Gasteiger partial charge < -0.3 is 25.1 Å². The molecule has 0 spiro atoms. The van der Waals surface area contributed by atoms with Gasteiger partial charge in [0, 0.05) is 6.54 Å². The van der Waals surface area contributed by atoms with Crippen LogP contribution in [0.1, 0.15) is 25.4 Å². The SMILES string of the molecule is CCNC(=NCc1ncc(-c2ccccc2)[nH]1)NCC(C)(O)c1ccco1.I. The predicted molar refractivity (Wildman–Crippen MR) is 121 cm³/mol. The summed E-state index contributed by atoms with van der Waals surface area (Å²) in [7, 11) is 0. The van der Waals surface area contributed by atoms with Crippen molar-refractivity contribution in [3.8, 4) is 11.3 Å². The van der Waals surface area contributed by atoms with Gasteiger partial charge in [-0.05, 0) is 31.5 Å². The van der Waals surface area contributed by atoms with Crippen molar-refractivity contribution in [1.82, 2.24) is 20.6 Å². The number of aliphatic hydroxyl groups is 1. The van der Waals surface area contributed by atoms with Crippen molar-refractivity contribution in [2.75, 3.05) is 13.1 Å². The second kappa shape index (κ2) is 10.3. The number of rotatable bonds is 7. The molecule has 0 bridgehead atoms. The second-order valence-electron chi connectivity index (χ2n) is 6.41. The van der Waals surface area contributed by atoms with Gasteiger partial charge in [-0.3, -0.25) is 0 Å². The van der Waals surface area contributed by atoms with E-state index >= 15 is 0 Å². The van der Waals surface area contributed by atoms with Gasteiger partial charge in [-0.25, -0.2) is 9.98 Å². The average molecular weight is 495 g/mol. The second-order valence-corrected chi connectivity index (χ2v) is 6.41. The highest BCUT2D eigenvalue weighted by Gasteiger charge is 2.26. The zero-order valence-electron chi connectivity index (χ0n) is 16.0. The minimum absolute atomic E-state index is 0. The normalized spacial score (nSPS) is 13.5. The Balaban J connectivity index is 0.00000280. The van der Waals surface area contributed by atoms with Crippen molar-refractivity contribution in [3.63, 3.8) is 0 Å². The fourth-order valence-electron chi connectivity index (χ4n) is 2.63. The molecule has 0 saturated heterocycles. The Morgan fingerprint density at radius 2 is 2.00 bits per heavy atom. The number of imidazole rings is 1. The van der Waals surface area contributed by atoms with Crippen LogP contribution < -0.4 is 10.6 Å². The number of aromatic nitrogens is 2. The quantitative estimate of drug-likeness (QED) is 0.229. The van der Waals surface area contributed by atoms with Crippen LogP contribution in [-0.4, -0.2) is 34.1 Å². The van der Waals surface area contributed by atoms with E-state index in [2.05, 4.69) is 25.6 Å². The number of aromatic amines is 1. The number of benzene rings is 1. The summed E-state index contributed by atoms with van der Waals surface area (Å²) < 4.78 is 5.30. The van der Waals surface area contributed by atoms with Gasteiger partial charge in [-0.1, -0.05) is 30.3 Å². The molecule has 3 rings (SSSR count). The molecule has 1 unspecified atom stereocenters. The van der Waals surface area contributed by atoms with Crippen molar-refractivity contribution in [2.24, 2.45) is 4.99 Å². The first-order chi connectivity index (χ1) is 13.1. The Labute approximate surface area is 181 Å². The van der Waals surface area contributed by atoms with Gasteiger partial charge in [0.1, 0.15) is 23.7 Å². The zero-order valence-corrected chi connectivity index (χ0v) is 18.3. The summed E-state index contributed by atoms with van der Waals surface area (Å²) in [6.45, 7) is 5.05. The number of guanidine groups is 1. The molecule has 1 atom stereocenters. The van der Waals surface area contributed by atoms with Crippen molar-refractivity contribution in [3.05, 3.63) is 66.5 Å². The average Bonchev–Trinajstić information content (AvgIpc) is 3.37. The summed E-state index contributed by atoms with van der Waals surface area (Å²) >= 11 is 0. The number of nitrogens with zero attached hydrogens (tertiary/aromatic N) is 2. The Hall–Kier alpha value is -2.33. The van der Waals surface area contributed by atoms with Crippen LogP contribution in [0.3, 0.4) is 0 Å². The van der Waals surface area contributed by atoms with Crippen molar-refractivity contribution in [1.29, 1.82) is 0 Å². The molecule has 150 valence electrons. The van der Waals surface area contributed by atoms with Crippen LogP contribution in [0.2, 0.25) is 0 Å². The van der Waals surface area contributed by atoms with Crippen LogP contribution in [0.25, 0.3) is 11.3 Å². The van der Waals surface area contributed by atoms with Gasteiger partial charge in [-0.15, -0.1) is 24.0 Å². The summed E-state index contributed by atoms with van der Waals surface area (Å²) in [5.74, 6) is 1.87. The highest BCUT2D eigenvalue weighted by Crippen LogP contribution is 2.19. The van der Waals surface area contributed by atoms with E-state index in [0.717, 1.165) is 17.1 Å². The van der Waals surface area contributed by atoms with E-state index in [1.165, 1.54) is 0 Å². The van der Waals surface area contributed by atoms with E-state index in [-0.39, 0.29) is 30.5 Å². The molecule has 2 heterocycles. The molecule has 0 saturated carbocycles. The van der Waals surface area contributed by atoms with Gasteiger partial charge in [-0.2, -0.15) is 0 Å². The summed E-state index contributed by atoms with van der Waals surface area (Å²) in [6.07, 6.45) is 3.35. The first-order valence-corrected chi connectivity index (χ1v) is 8.96. The molecule has 2 aromatic heterocycles. The standard InChI is InChI=1S/C20H25N5O2.HI/c1-3-21-19(24-14-20(2,26)17-10-7-11-27-17)23-13-18-22-12-16(25-18)15-8-5-4-6-9-15;/h4-12,26H,3,13-14H2,1-2H3,(H,22,25)(H2,21,23,24);1H. The summed E-state index contributed by atoms with van der Waals surface area (Å²) in [6, 6.07) is 13.5. The monoisotopic (exact) mass is 495 g/mol. The third-order valence-corrected chi connectivity index (χ3v) is 4.10.